The summed E-state index contributed by atoms with van der Waals surface area (Å²) in [6, 6.07) is 17.8. The minimum atomic E-state index is 0.497. The maximum atomic E-state index is 5.21. The highest BCUT2D eigenvalue weighted by atomic mass is 32.1. The van der Waals surface area contributed by atoms with Crippen LogP contribution in [0.25, 0.3) is 0 Å². The summed E-state index contributed by atoms with van der Waals surface area (Å²) < 4.78 is 5.13. The fourth-order valence-corrected chi connectivity index (χ4v) is 1.97. The van der Waals surface area contributed by atoms with Gasteiger partial charge in [0.15, 0.2) is 5.11 Å². The Balaban J connectivity index is 1.85. The van der Waals surface area contributed by atoms with Crippen LogP contribution in [-0.2, 0) is 6.54 Å². The van der Waals surface area contributed by atoms with Gasteiger partial charge in [0.05, 0.1) is 12.8 Å². The van der Waals surface area contributed by atoms with Crippen molar-refractivity contribution < 1.29 is 4.74 Å². The number of ether oxygens (including phenoxy) is 1. The zero-order chi connectivity index (χ0) is 15.8. The summed E-state index contributed by atoms with van der Waals surface area (Å²) in [4.78, 5) is 0. The summed E-state index contributed by atoms with van der Waals surface area (Å²) in [6.45, 7) is 2.60. The van der Waals surface area contributed by atoms with E-state index in [-0.39, 0.29) is 0 Å². The average Bonchev–Trinajstić information content (AvgIpc) is 2.58. The van der Waals surface area contributed by atoms with Crippen molar-refractivity contribution in [3.05, 3.63) is 65.7 Å². The Morgan fingerprint density at radius 2 is 1.77 bits per heavy atom. The first-order chi connectivity index (χ1) is 10.7. The Morgan fingerprint density at radius 3 is 2.41 bits per heavy atom. The van der Waals surface area contributed by atoms with Crippen LogP contribution in [-0.4, -0.2) is 17.9 Å². The second-order valence-electron chi connectivity index (χ2n) is 4.71. The highest BCUT2D eigenvalue weighted by Gasteiger charge is 1.99. The van der Waals surface area contributed by atoms with Crippen LogP contribution < -0.4 is 15.5 Å². The lowest BCUT2D eigenvalue weighted by atomic mass is 10.1. The molecule has 0 spiro atoms. The van der Waals surface area contributed by atoms with Gasteiger partial charge in [0, 0.05) is 6.54 Å². The molecule has 114 valence electrons. The molecule has 4 nitrogen and oxygen atoms in total. The van der Waals surface area contributed by atoms with E-state index in [1.807, 2.05) is 61.5 Å². The third-order valence-electron chi connectivity index (χ3n) is 3.13. The van der Waals surface area contributed by atoms with Crippen LogP contribution in [0, 0.1) is 0 Å². The second-order valence-corrected chi connectivity index (χ2v) is 5.11. The molecular formula is C17H19N3OS. The minimum absolute atomic E-state index is 0.497. The fourth-order valence-electron chi connectivity index (χ4n) is 1.85. The number of benzene rings is 2. The second kappa shape index (κ2) is 8.14. The van der Waals surface area contributed by atoms with Crippen molar-refractivity contribution in [2.75, 3.05) is 7.11 Å². The number of nitrogens with zero attached hydrogens (tertiary/aromatic N) is 1. The van der Waals surface area contributed by atoms with Gasteiger partial charge in [-0.05, 0) is 54.5 Å². The van der Waals surface area contributed by atoms with Crippen LogP contribution in [0.4, 0.5) is 0 Å². The number of hydrogen-bond donors (Lipinski definition) is 2. The summed E-state index contributed by atoms with van der Waals surface area (Å²) >= 11 is 5.21. The summed E-state index contributed by atoms with van der Waals surface area (Å²) in [7, 11) is 1.65. The molecule has 0 aliphatic rings. The van der Waals surface area contributed by atoms with Crippen LogP contribution in [0.2, 0.25) is 0 Å². The molecule has 0 bridgehead atoms. The Kier molecular flexibility index (Phi) is 5.91. The quantitative estimate of drug-likeness (QED) is 0.506. The molecule has 2 N–H and O–H groups in total. The van der Waals surface area contributed by atoms with Gasteiger partial charge in [0.25, 0.3) is 0 Å². The van der Waals surface area contributed by atoms with Crippen LogP contribution in [0.1, 0.15) is 18.1 Å². The first kappa shape index (κ1) is 16.0. The Bertz CT molecular complexity index is 639. The van der Waals surface area contributed by atoms with Gasteiger partial charge in [-0.15, -0.1) is 0 Å². The van der Waals surface area contributed by atoms with Crippen LogP contribution in [0.15, 0.2) is 59.7 Å². The molecular weight excluding hydrogens is 294 g/mol. The van der Waals surface area contributed by atoms with Gasteiger partial charge in [-0.2, -0.15) is 5.10 Å². The van der Waals surface area contributed by atoms with Crippen LogP contribution >= 0.6 is 12.2 Å². The standard InChI is InChI=1S/C17H19N3OS/c1-13(15-8-10-16(21-2)11-9-15)19-20-17(22)18-12-14-6-4-3-5-7-14/h3-11H,12H2,1-2H3,(H2,18,20,22). The van der Waals surface area contributed by atoms with E-state index < -0.39 is 0 Å². The van der Waals surface area contributed by atoms with Crippen LogP contribution in [0.5, 0.6) is 5.75 Å². The zero-order valence-electron chi connectivity index (χ0n) is 12.7. The molecule has 0 heterocycles. The monoisotopic (exact) mass is 313 g/mol. The van der Waals surface area contributed by atoms with E-state index in [1.165, 1.54) is 5.56 Å². The molecule has 5 heteroatoms. The molecule has 0 aliphatic heterocycles. The molecule has 0 fully saturated rings. The van der Waals surface area contributed by atoms with Crippen molar-refractivity contribution in [2.45, 2.75) is 13.5 Å². The molecule has 2 rings (SSSR count). The van der Waals surface area contributed by atoms with E-state index >= 15 is 0 Å². The van der Waals surface area contributed by atoms with Crippen molar-refractivity contribution >= 4 is 23.0 Å². The lowest BCUT2D eigenvalue weighted by molar-refractivity contribution is 0.415. The molecule has 0 aromatic heterocycles. The molecule has 0 saturated heterocycles. The van der Waals surface area contributed by atoms with Gasteiger partial charge in [0.2, 0.25) is 0 Å². The van der Waals surface area contributed by atoms with Crippen LogP contribution in [0.3, 0.4) is 0 Å². The normalized spacial score (nSPS) is 10.9. The SMILES string of the molecule is COc1ccc(C(C)=NNC(=S)NCc2ccccc2)cc1. The van der Waals surface area contributed by atoms with Crippen molar-refractivity contribution in [3.63, 3.8) is 0 Å². The van der Waals surface area contributed by atoms with Crippen molar-refractivity contribution in [2.24, 2.45) is 5.10 Å². The maximum absolute atomic E-state index is 5.21. The molecule has 0 atom stereocenters. The Labute approximate surface area is 136 Å². The molecule has 0 amide bonds. The lowest BCUT2D eigenvalue weighted by Crippen LogP contribution is -2.32. The fraction of sp³-hybridized carbons (Fsp3) is 0.176. The van der Waals surface area contributed by atoms with E-state index in [2.05, 4.69) is 15.8 Å². The topological polar surface area (TPSA) is 45.6 Å². The molecule has 0 unspecified atom stereocenters. The number of rotatable bonds is 5. The van der Waals surface area contributed by atoms with E-state index in [1.54, 1.807) is 7.11 Å². The number of nitrogens with one attached hydrogen (secondary N) is 2. The van der Waals surface area contributed by atoms with Gasteiger partial charge < -0.3 is 10.1 Å². The minimum Gasteiger partial charge on any atom is -0.497 e. The average molecular weight is 313 g/mol. The number of methoxy groups -OCH3 is 1. The smallest absolute Gasteiger partial charge is 0.187 e. The van der Waals surface area contributed by atoms with Crippen molar-refractivity contribution in [1.29, 1.82) is 0 Å². The Morgan fingerprint density at radius 1 is 1.09 bits per heavy atom. The van der Waals surface area contributed by atoms with Gasteiger partial charge in [-0.1, -0.05) is 30.3 Å². The van der Waals surface area contributed by atoms with Gasteiger partial charge in [-0.25, -0.2) is 0 Å². The van der Waals surface area contributed by atoms with E-state index in [4.69, 9.17) is 17.0 Å². The third kappa shape index (κ3) is 4.86. The largest absolute Gasteiger partial charge is 0.497 e. The number of hydrazone groups is 1. The summed E-state index contributed by atoms with van der Waals surface area (Å²) in [5, 5.41) is 7.90. The molecule has 0 radical (unpaired) electrons. The predicted molar refractivity (Wildman–Crippen MR) is 94.2 cm³/mol. The van der Waals surface area contributed by atoms with E-state index in [0.717, 1.165) is 17.0 Å². The number of thiocarbonyl (C=S) groups is 1. The number of hydrogen-bond acceptors (Lipinski definition) is 3. The molecule has 2 aromatic carbocycles. The molecule has 0 aliphatic carbocycles. The highest BCUT2D eigenvalue weighted by Crippen LogP contribution is 2.11. The predicted octanol–water partition coefficient (Wildman–Crippen LogP) is 3.08. The van der Waals surface area contributed by atoms with Gasteiger partial charge >= 0.3 is 0 Å². The molecule has 0 saturated carbocycles. The van der Waals surface area contributed by atoms with Gasteiger partial charge in [-0.3, -0.25) is 5.43 Å². The van der Waals surface area contributed by atoms with E-state index in [0.29, 0.717) is 11.7 Å². The van der Waals surface area contributed by atoms with E-state index in [9.17, 15) is 0 Å². The summed E-state index contributed by atoms with van der Waals surface area (Å²) in [5.74, 6) is 0.824. The van der Waals surface area contributed by atoms with Crippen molar-refractivity contribution in [1.82, 2.24) is 10.7 Å². The highest BCUT2D eigenvalue weighted by molar-refractivity contribution is 7.80. The molecule has 22 heavy (non-hydrogen) atoms. The summed E-state index contributed by atoms with van der Waals surface area (Å²) in [5.41, 5.74) is 5.89. The third-order valence-corrected chi connectivity index (χ3v) is 3.36. The van der Waals surface area contributed by atoms with Gasteiger partial charge in [0.1, 0.15) is 5.75 Å². The Hall–Kier alpha value is -2.40. The maximum Gasteiger partial charge on any atom is 0.187 e. The lowest BCUT2D eigenvalue weighted by Gasteiger charge is -2.08. The van der Waals surface area contributed by atoms with Crippen molar-refractivity contribution in [3.8, 4) is 5.75 Å². The zero-order valence-corrected chi connectivity index (χ0v) is 13.5. The first-order valence-corrected chi connectivity index (χ1v) is 7.36. The summed E-state index contributed by atoms with van der Waals surface area (Å²) in [6.07, 6.45) is 0. The first-order valence-electron chi connectivity index (χ1n) is 6.95. The molecule has 2 aromatic rings.